The van der Waals surface area contributed by atoms with Crippen molar-refractivity contribution >= 4 is 12.2 Å². The number of rotatable bonds is 15. The predicted molar refractivity (Wildman–Crippen MR) is 131 cm³/mol. The lowest BCUT2D eigenvalue weighted by Crippen LogP contribution is -2.39. The molecule has 1 heterocycles. The van der Waals surface area contributed by atoms with E-state index in [0.717, 1.165) is 71.0 Å². The fraction of sp³-hybridized carbons (Fsp3) is 0.692. The van der Waals surface area contributed by atoms with Crippen LogP contribution in [0.1, 0.15) is 76.7 Å². The number of carbonyl (C=O) groups excluding carboxylic acids is 2. The van der Waals surface area contributed by atoms with Crippen LogP contribution >= 0.6 is 0 Å². The standard InChI is InChI=1S/C26H43N3O4/c1-2-3-4-10-17-27-25(30)32-21-12-6-5-11-18-28-26(31)33-24-15-19-29(20-16-24)22-23-13-8-7-9-14-23/h7-9,13-14,24H,2-6,10-12,15-22H2,1H3,(H,27,30)(H,28,31). The zero-order valence-electron chi connectivity index (χ0n) is 20.4. The van der Waals surface area contributed by atoms with Gasteiger partial charge >= 0.3 is 12.2 Å². The molecule has 0 saturated carbocycles. The molecule has 1 aliphatic heterocycles. The summed E-state index contributed by atoms with van der Waals surface area (Å²) < 4.78 is 10.7. The molecule has 1 fully saturated rings. The summed E-state index contributed by atoms with van der Waals surface area (Å²) in [7, 11) is 0. The van der Waals surface area contributed by atoms with Gasteiger partial charge in [0.1, 0.15) is 6.10 Å². The Balaban J connectivity index is 1.38. The fourth-order valence-corrected chi connectivity index (χ4v) is 3.95. The average molecular weight is 462 g/mol. The Kier molecular flexibility index (Phi) is 14.1. The molecule has 0 bridgehead atoms. The topological polar surface area (TPSA) is 79.9 Å². The van der Waals surface area contributed by atoms with Crippen LogP contribution in [0, 0.1) is 0 Å². The van der Waals surface area contributed by atoms with E-state index in [0.29, 0.717) is 19.7 Å². The maximum Gasteiger partial charge on any atom is 0.407 e. The molecule has 186 valence electrons. The van der Waals surface area contributed by atoms with E-state index in [4.69, 9.17) is 9.47 Å². The van der Waals surface area contributed by atoms with Gasteiger partial charge in [-0.25, -0.2) is 9.59 Å². The normalized spacial score (nSPS) is 14.6. The van der Waals surface area contributed by atoms with Crippen molar-refractivity contribution in [2.75, 3.05) is 32.8 Å². The molecule has 2 rings (SSSR count). The second kappa shape index (κ2) is 17.2. The van der Waals surface area contributed by atoms with E-state index in [1.165, 1.54) is 18.4 Å². The van der Waals surface area contributed by atoms with Gasteiger partial charge in [-0.1, -0.05) is 62.9 Å². The molecule has 7 heteroatoms. The van der Waals surface area contributed by atoms with Gasteiger partial charge in [-0.15, -0.1) is 0 Å². The summed E-state index contributed by atoms with van der Waals surface area (Å²) in [6.07, 6.45) is 9.39. The molecule has 0 aromatic heterocycles. The first-order valence-electron chi connectivity index (χ1n) is 12.8. The number of unbranched alkanes of at least 4 members (excludes halogenated alkanes) is 6. The highest BCUT2D eigenvalue weighted by atomic mass is 16.6. The SMILES string of the molecule is CCCCCCNC(=O)OCCCCCCNC(=O)OC1CCN(Cc2ccccc2)CC1. The number of likely N-dealkylation sites (tertiary alicyclic amines) is 1. The Morgan fingerprint density at radius 1 is 0.879 bits per heavy atom. The smallest absolute Gasteiger partial charge is 0.407 e. The van der Waals surface area contributed by atoms with Crippen molar-refractivity contribution < 1.29 is 19.1 Å². The zero-order valence-corrected chi connectivity index (χ0v) is 20.4. The van der Waals surface area contributed by atoms with E-state index < -0.39 is 0 Å². The molecule has 0 unspecified atom stereocenters. The van der Waals surface area contributed by atoms with E-state index in [2.05, 4.69) is 46.7 Å². The number of hydrogen-bond acceptors (Lipinski definition) is 5. The van der Waals surface area contributed by atoms with Gasteiger partial charge in [0.2, 0.25) is 0 Å². The minimum atomic E-state index is -0.318. The monoisotopic (exact) mass is 461 g/mol. The fourth-order valence-electron chi connectivity index (χ4n) is 3.95. The highest BCUT2D eigenvalue weighted by molar-refractivity contribution is 5.67. The Bertz CT molecular complexity index is 648. The lowest BCUT2D eigenvalue weighted by molar-refractivity contribution is 0.0487. The molecular formula is C26H43N3O4. The minimum absolute atomic E-state index is 0.00645. The quantitative estimate of drug-likeness (QED) is 0.349. The third-order valence-electron chi connectivity index (χ3n) is 5.93. The summed E-state index contributed by atoms with van der Waals surface area (Å²) in [4.78, 5) is 26.0. The molecule has 2 amide bonds. The number of benzene rings is 1. The highest BCUT2D eigenvalue weighted by Gasteiger charge is 2.22. The van der Waals surface area contributed by atoms with Gasteiger partial charge in [0.25, 0.3) is 0 Å². The molecule has 2 N–H and O–H groups in total. The third-order valence-corrected chi connectivity index (χ3v) is 5.93. The number of amides is 2. The Labute approximate surface area is 199 Å². The van der Waals surface area contributed by atoms with Crippen LogP contribution in [0.25, 0.3) is 0 Å². The summed E-state index contributed by atoms with van der Waals surface area (Å²) in [5, 5.41) is 5.64. The number of nitrogens with zero attached hydrogens (tertiary/aromatic N) is 1. The van der Waals surface area contributed by atoms with Crippen LogP contribution in [0.2, 0.25) is 0 Å². The molecule has 33 heavy (non-hydrogen) atoms. The molecule has 0 spiro atoms. The zero-order chi connectivity index (χ0) is 23.6. The first kappa shape index (κ1) is 27.0. The molecule has 0 radical (unpaired) electrons. The van der Waals surface area contributed by atoms with Crippen LogP contribution < -0.4 is 10.6 Å². The second-order valence-corrected chi connectivity index (χ2v) is 8.83. The summed E-state index contributed by atoms with van der Waals surface area (Å²) in [6, 6.07) is 10.5. The molecular weight excluding hydrogens is 418 g/mol. The Morgan fingerprint density at radius 2 is 1.52 bits per heavy atom. The second-order valence-electron chi connectivity index (χ2n) is 8.83. The number of carbonyl (C=O) groups is 2. The third kappa shape index (κ3) is 13.1. The summed E-state index contributed by atoms with van der Waals surface area (Å²) in [6.45, 7) is 6.77. The minimum Gasteiger partial charge on any atom is -0.450 e. The summed E-state index contributed by atoms with van der Waals surface area (Å²) >= 11 is 0. The average Bonchev–Trinajstić information content (AvgIpc) is 2.82. The molecule has 7 nitrogen and oxygen atoms in total. The van der Waals surface area contributed by atoms with E-state index in [1.54, 1.807) is 0 Å². The van der Waals surface area contributed by atoms with Gasteiger partial charge < -0.3 is 20.1 Å². The van der Waals surface area contributed by atoms with Crippen LogP contribution in [0.15, 0.2) is 30.3 Å². The van der Waals surface area contributed by atoms with Crippen molar-refractivity contribution in [3.8, 4) is 0 Å². The first-order chi connectivity index (χ1) is 16.2. The summed E-state index contributed by atoms with van der Waals surface area (Å²) in [5.74, 6) is 0. The van der Waals surface area contributed by atoms with Crippen LogP contribution in [0.4, 0.5) is 9.59 Å². The van der Waals surface area contributed by atoms with E-state index in [-0.39, 0.29) is 18.3 Å². The van der Waals surface area contributed by atoms with Crippen molar-refractivity contribution in [3.63, 3.8) is 0 Å². The van der Waals surface area contributed by atoms with Gasteiger partial charge in [-0.2, -0.15) is 0 Å². The Hall–Kier alpha value is -2.28. The predicted octanol–water partition coefficient (Wildman–Crippen LogP) is 5.24. The van der Waals surface area contributed by atoms with Crippen molar-refractivity contribution in [2.45, 2.75) is 83.8 Å². The molecule has 0 atom stereocenters. The molecule has 1 aliphatic rings. The number of ether oxygens (including phenoxy) is 2. The lowest BCUT2D eigenvalue weighted by Gasteiger charge is -2.31. The van der Waals surface area contributed by atoms with Crippen molar-refractivity contribution in [1.82, 2.24) is 15.5 Å². The van der Waals surface area contributed by atoms with Crippen LogP contribution in [-0.2, 0) is 16.0 Å². The van der Waals surface area contributed by atoms with Gasteiger partial charge in [-0.05, 0) is 44.1 Å². The van der Waals surface area contributed by atoms with Crippen LogP contribution in [0.5, 0.6) is 0 Å². The highest BCUT2D eigenvalue weighted by Crippen LogP contribution is 2.16. The van der Waals surface area contributed by atoms with Gasteiger partial charge in [0.15, 0.2) is 0 Å². The maximum atomic E-state index is 12.0. The molecule has 1 aromatic carbocycles. The van der Waals surface area contributed by atoms with Gasteiger partial charge in [-0.3, -0.25) is 4.90 Å². The molecule has 0 aliphatic carbocycles. The van der Waals surface area contributed by atoms with Crippen molar-refractivity contribution in [1.29, 1.82) is 0 Å². The van der Waals surface area contributed by atoms with E-state index >= 15 is 0 Å². The number of alkyl carbamates (subject to hydrolysis) is 2. The molecule has 1 aromatic rings. The largest absolute Gasteiger partial charge is 0.450 e. The van der Waals surface area contributed by atoms with Crippen molar-refractivity contribution in [3.05, 3.63) is 35.9 Å². The van der Waals surface area contributed by atoms with Crippen LogP contribution in [0.3, 0.4) is 0 Å². The van der Waals surface area contributed by atoms with Gasteiger partial charge in [0, 0.05) is 32.7 Å². The molecule has 1 saturated heterocycles. The first-order valence-corrected chi connectivity index (χ1v) is 12.8. The van der Waals surface area contributed by atoms with Gasteiger partial charge in [0.05, 0.1) is 6.61 Å². The van der Waals surface area contributed by atoms with Crippen LogP contribution in [-0.4, -0.2) is 56.0 Å². The number of piperidine rings is 1. The van der Waals surface area contributed by atoms with Crippen molar-refractivity contribution in [2.24, 2.45) is 0 Å². The van der Waals surface area contributed by atoms with E-state index in [1.807, 2.05) is 6.07 Å². The van der Waals surface area contributed by atoms with E-state index in [9.17, 15) is 9.59 Å². The number of nitrogens with one attached hydrogen (secondary N) is 2. The maximum absolute atomic E-state index is 12.0. The lowest BCUT2D eigenvalue weighted by atomic mass is 10.1. The number of hydrogen-bond donors (Lipinski definition) is 2. The summed E-state index contributed by atoms with van der Waals surface area (Å²) in [5.41, 5.74) is 1.32. The Morgan fingerprint density at radius 3 is 2.21 bits per heavy atom.